The summed E-state index contributed by atoms with van der Waals surface area (Å²) in [5, 5.41) is 13.5. The summed E-state index contributed by atoms with van der Waals surface area (Å²) in [7, 11) is 0. The van der Waals surface area contributed by atoms with Crippen LogP contribution in [0.2, 0.25) is 0 Å². The van der Waals surface area contributed by atoms with E-state index in [2.05, 4.69) is 16.3 Å². The molecule has 2 N–H and O–H groups in total. The molecule has 110 valence electrons. The molecule has 2 atom stereocenters. The smallest absolute Gasteiger partial charge is 0.124 e. The average Bonchev–Trinajstić information content (AvgIpc) is 2.89. The van der Waals surface area contributed by atoms with Crippen LogP contribution in [-0.2, 0) is 4.74 Å². The maximum Gasteiger partial charge on any atom is 0.124 e. The van der Waals surface area contributed by atoms with E-state index in [9.17, 15) is 5.11 Å². The van der Waals surface area contributed by atoms with Crippen molar-refractivity contribution in [2.45, 2.75) is 12.1 Å². The monoisotopic (exact) mass is 278 g/mol. The van der Waals surface area contributed by atoms with Crippen molar-refractivity contribution in [1.82, 2.24) is 10.2 Å². The molecule has 5 heteroatoms. The van der Waals surface area contributed by atoms with E-state index in [1.165, 1.54) is 5.56 Å². The second-order valence-corrected chi connectivity index (χ2v) is 5.38. The molecule has 3 rings (SSSR count). The number of nitrogens with one attached hydrogen (secondary N) is 1. The van der Waals surface area contributed by atoms with Crippen molar-refractivity contribution in [2.24, 2.45) is 0 Å². The molecule has 0 aromatic heterocycles. The van der Waals surface area contributed by atoms with Crippen molar-refractivity contribution >= 4 is 0 Å². The van der Waals surface area contributed by atoms with E-state index in [4.69, 9.17) is 9.47 Å². The molecular formula is C15H22N2O3. The minimum atomic E-state index is -0.360. The molecular weight excluding hydrogens is 256 g/mol. The number of hydrogen-bond acceptors (Lipinski definition) is 5. The van der Waals surface area contributed by atoms with Gasteiger partial charge in [-0.2, -0.15) is 0 Å². The fraction of sp³-hybridized carbons (Fsp3) is 0.600. The summed E-state index contributed by atoms with van der Waals surface area (Å²) in [5.74, 6) is 0.952. The summed E-state index contributed by atoms with van der Waals surface area (Å²) in [4.78, 5) is 2.24. The minimum Gasteiger partial charge on any atom is -0.491 e. The van der Waals surface area contributed by atoms with Gasteiger partial charge in [-0.05, 0) is 6.07 Å². The van der Waals surface area contributed by atoms with Gasteiger partial charge >= 0.3 is 0 Å². The number of benzene rings is 1. The number of aliphatic hydroxyl groups is 1. The Hall–Kier alpha value is -1.14. The SMILES string of the molecule is OC(CNC1COc2ccccc21)CN1CCOCC1. The van der Waals surface area contributed by atoms with E-state index in [1.54, 1.807) is 0 Å². The Bertz CT molecular complexity index is 435. The van der Waals surface area contributed by atoms with Gasteiger partial charge in [0.25, 0.3) is 0 Å². The molecule has 2 unspecified atom stereocenters. The maximum absolute atomic E-state index is 10.1. The standard InChI is InChI=1S/C15H22N2O3/c18-12(10-17-5-7-19-8-6-17)9-16-14-11-20-15-4-2-1-3-13(14)15/h1-4,12,14,16,18H,5-11H2. The van der Waals surface area contributed by atoms with Gasteiger partial charge in [-0.3, -0.25) is 4.90 Å². The average molecular weight is 278 g/mol. The first-order valence-corrected chi connectivity index (χ1v) is 7.26. The van der Waals surface area contributed by atoms with E-state index < -0.39 is 0 Å². The fourth-order valence-corrected chi connectivity index (χ4v) is 2.76. The zero-order chi connectivity index (χ0) is 13.8. The zero-order valence-electron chi connectivity index (χ0n) is 11.6. The lowest BCUT2D eigenvalue weighted by Crippen LogP contribution is -2.44. The summed E-state index contributed by atoms with van der Waals surface area (Å²) < 4.78 is 10.9. The number of β-amino-alcohol motifs (C(OH)–C–C–N with tert-alkyl or cyclic N) is 1. The number of aliphatic hydroxyl groups excluding tert-OH is 1. The Kier molecular flexibility index (Phi) is 4.52. The molecule has 1 aromatic carbocycles. The van der Waals surface area contributed by atoms with Crippen LogP contribution in [0.5, 0.6) is 5.75 Å². The van der Waals surface area contributed by atoms with Crippen molar-refractivity contribution in [1.29, 1.82) is 0 Å². The lowest BCUT2D eigenvalue weighted by Gasteiger charge is -2.29. The van der Waals surface area contributed by atoms with Crippen LogP contribution in [0.4, 0.5) is 0 Å². The van der Waals surface area contributed by atoms with Crippen molar-refractivity contribution < 1.29 is 14.6 Å². The molecule has 0 amide bonds. The molecule has 0 bridgehead atoms. The number of morpholine rings is 1. The summed E-state index contributed by atoms with van der Waals surface area (Å²) in [6.07, 6.45) is -0.360. The van der Waals surface area contributed by atoms with Gasteiger partial charge in [0.15, 0.2) is 0 Å². The molecule has 0 radical (unpaired) electrons. The molecule has 1 aromatic rings. The largest absolute Gasteiger partial charge is 0.491 e. The van der Waals surface area contributed by atoms with E-state index >= 15 is 0 Å². The van der Waals surface area contributed by atoms with Crippen LogP contribution in [-0.4, -0.2) is 62.1 Å². The van der Waals surface area contributed by atoms with Gasteiger partial charge in [-0.25, -0.2) is 0 Å². The van der Waals surface area contributed by atoms with E-state index in [-0.39, 0.29) is 12.1 Å². The molecule has 0 aliphatic carbocycles. The van der Waals surface area contributed by atoms with Crippen LogP contribution < -0.4 is 10.1 Å². The molecule has 2 heterocycles. The highest BCUT2D eigenvalue weighted by molar-refractivity contribution is 5.39. The molecule has 2 aliphatic rings. The molecule has 1 saturated heterocycles. The first kappa shape index (κ1) is 13.8. The quantitative estimate of drug-likeness (QED) is 0.817. The lowest BCUT2D eigenvalue weighted by atomic mass is 10.1. The molecule has 1 fully saturated rings. The highest BCUT2D eigenvalue weighted by atomic mass is 16.5. The van der Waals surface area contributed by atoms with Crippen molar-refractivity contribution in [3.8, 4) is 5.75 Å². The number of rotatable bonds is 5. The Morgan fingerprint density at radius 3 is 2.95 bits per heavy atom. The first-order chi connectivity index (χ1) is 9.83. The van der Waals surface area contributed by atoms with E-state index in [1.807, 2.05) is 18.2 Å². The predicted octanol–water partition coefficient (Wildman–Crippen LogP) is 0.403. The third-order valence-corrected chi connectivity index (χ3v) is 3.87. The van der Waals surface area contributed by atoms with Gasteiger partial charge in [-0.1, -0.05) is 18.2 Å². The van der Waals surface area contributed by atoms with Crippen molar-refractivity contribution in [3.05, 3.63) is 29.8 Å². The Labute approximate surface area is 119 Å². The molecule has 20 heavy (non-hydrogen) atoms. The second-order valence-electron chi connectivity index (χ2n) is 5.38. The van der Waals surface area contributed by atoms with Crippen LogP contribution in [0.25, 0.3) is 0 Å². The van der Waals surface area contributed by atoms with Gasteiger partial charge in [-0.15, -0.1) is 0 Å². The number of para-hydroxylation sites is 1. The van der Waals surface area contributed by atoms with E-state index in [0.29, 0.717) is 19.7 Å². The van der Waals surface area contributed by atoms with Crippen LogP contribution in [0.15, 0.2) is 24.3 Å². The predicted molar refractivity (Wildman–Crippen MR) is 75.9 cm³/mol. The summed E-state index contributed by atoms with van der Waals surface area (Å²) in [6.45, 7) is 5.28. The van der Waals surface area contributed by atoms with Crippen LogP contribution >= 0.6 is 0 Å². The first-order valence-electron chi connectivity index (χ1n) is 7.26. The van der Waals surface area contributed by atoms with Gasteiger partial charge in [0.2, 0.25) is 0 Å². The van der Waals surface area contributed by atoms with Crippen molar-refractivity contribution in [3.63, 3.8) is 0 Å². The molecule has 0 saturated carbocycles. The Morgan fingerprint density at radius 2 is 2.10 bits per heavy atom. The molecule has 2 aliphatic heterocycles. The Balaban J connectivity index is 1.45. The van der Waals surface area contributed by atoms with E-state index in [0.717, 1.165) is 32.1 Å². The number of hydrogen-bond donors (Lipinski definition) is 2. The summed E-state index contributed by atoms with van der Waals surface area (Å²) in [5.41, 5.74) is 1.19. The van der Waals surface area contributed by atoms with Crippen LogP contribution in [0.3, 0.4) is 0 Å². The zero-order valence-corrected chi connectivity index (χ0v) is 11.6. The van der Waals surface area contributed by atoms with Crippen LogP contribution in [0, 0.1) is 0 Å². The highest BCUT2D eigenvalue weighted by Gasteiger charge is 2.24. The summed E-state index contributed by atoms with van der Waals surface area (Å²) >= 11 is 0. The summed E-state index contributed by atoms with van der Waals surface area (Å²) in [6, 6.07) is 8.25. The second kappa shape index (κ2) is 6.54. The van der Waals surface area contributed by atoms with Gasteiger partial charge in [0, 0.05) is 31.7 Å². The third kappa shape index (κ3) is 3.30. The molecule has 5 nitrogen and oxygen atoms in total. The lowest BCUT2D eigenvalue weighted by molar-refractivity contribution is 0.0144. The van der Waals surface area contributed by atoms with Gasteiger partial charge < -0.3 is 19.9 Å². The van der Waals surface area contributed by atoms with Crippen molar-refractivity contribution in [2.75, 3.05) is 46.0 Å². The van der Waals surface area contributed by atoms with Crippen LogP contribution in [0.1, 0.15) is 11.6 Å². The fourth-order valence-electron chi connectivity index (χ4n) is 2.76. The molecule has 0 spiro atoms. The topological polar surface area (TPSA) is 54.0 Å². The minimum absolute atomic E-state index is 0.186. The third-order valence-electron chi connectivity index (χ3n) is 3.87. The number of ether oxygens (including phenoxy) is 2. The maximum atomic E-state index is 10.1. The number of nitrogens with zero attached hydrogens (tertiary/aromatic N) is 1. The highest BCUT2D eigenvalue weighted by Crippen LogP contribution is 2.31. The van der Waals surface area contributed by atoms with Gasteiger partial charge in [0.05, 0.1) is 25.4 Å². The normalized spacial score (nSPS) is 24.1. The number of fused-ring (bicyclic) bond motifs is 1. The Morgan fingerprint density at radius 1 is 1.30 bits per heavy atom. The van der Waals surface area contributed by atoms with Gasteiger partial charge in [0.1, 0.15) is 12.4 Å².